The Labute approximate surface area is 163 Å². The number of pyridine rings is 1. The summed E-state index contributed by atoms with van der Waals surface area (Å²) in [7, 11) is 0. The van der Waals surface area contributed by atoms with E-state index in [1.807, 2.05) is 13.8 Å². The Morgan fingerprint density at radius 3 is 2.56 bits per heavy atom. The molecule has 1 saturated carbocycles. The predicted molar refractivity (Wildman–Crippen MR) is 103 cm³/mol. The maximum absolute atomic E-state index is 12.9. The van der Waals surface area contributed by atoms with Gasteiger partial charge in [0.1, 0.15) is 17.4 Å². The number of aromatic nitrogens is 1. The minimum atomic E-state index is -0.723. The van der Waals surface area contributed by atoms with Crippen LogP contribution in [0.15, 0.2) is 36.5 Å². The Kier molecular flexibility index (Phi) is 5.71. The van der Waals surface area contributed by atoms with Crippen LogP contribution in [-0.4, -0.2) is 29.0 Å². The van der Waals surface area contributed by atoms with Crippen LogP contribution in [-0.2, 0) is 9.59 Å². The smallest absolute Gasteiger partial charge is 0.269 e. The summed E-state index contributed by atoms with van der Waals surface area (Å²) in [6, 6.07) is 8.67. The molecule has 2 aromatic rings. The Bertz CT molecular complexity index is 873. The fourth-order valence-corrected chi connectivity index (χ4v) is 4.06. The molecule has 1 fully saturated rings. The molecule has 1 aromatic carbocycles. The monoisotopic (exact) mass is 384 g/mol. The first-order valence-electron chi connectivity index (χ1n) is 8.90. The van der Waals surface area contributed by atoms with Gasteiger partial charge in [-0.2, -0.15) is 0 Å². The molecular formula is C21H21ClN2O3. The van der Waals surface area contributed by atoms with Crippen molar-refractivity contribution in [3.05, 3.63) is 63.9 Å². The van der Waals surface area contributed by atoms with Crippen LogP contribution in [0.4, 0.5) is 0 Å². The summed E-state index contributed by atoms with van der Waals surface area (Å²) in [5.74, 6) is -1.51. The molecule has 1 aromatic heterocycles. The third-order valence-corrected chi connectivity index (χ3v) is 5.20. The van der Waals surface area contributed by atoms with Crippen LogP contribution in [0.5, 0.6) is 0 Å². The van der Waals surface area contributed by atoms with Crippen LogP contribution in [0.1, 0.15) is 45.9 Å². The van der Waals surface area contributed by atoms with E-state index in [0.29, 0.717) is 23.7 Å². The average Bonchev–Trinajstić information content (AvgIpc) is 2.89. The van der Waals surface area contributed by atoms with Gasteiger partial charge in [-0.25, -0.2) is 0 Å². The normalized spacial score (nSPS) is 19.4. The summed E-state index contributed by atoms with van der Waals surface area (Å²) in [5.41, 5.74) is 2.82. The minimum absolute atomic E-state index is 0.0606. The highest BCUT2D eigenvalue weighted by Crippen LogP contribution is 2.37. The van der Waals surface area contributed by atoms with Gasteiger partial charge in [0.25, 0.3) is 5.91 Å². The molecule has 0 bridgehead atoms. The molecule has 0 saturated heterocycles. The van der Waals surface area contributed by atoms with Gasteiger partial charge in [-0.15, -0.1) is 0 Å². The van der Waals surface area contributed by atoms with E-state index < -0.39 is 5.92 Å². The summed E-state index contributed by atoms with van der Waals surface area (Å²) in [6.07, 6.45) is 2.20. The highest BCUT2D eigenvalue weighted by Gasteiger charge is 2.42. The number of Topliss-reactive ketones (excluding diaryl/α,β-unsaturated/α-hetero) is 2. The number of carbonyl (C=O) groups is 3. The van der Waals surface area contributed by atoms with Crippen molar-refractivity contribution in [2.45, 2.75) is 32.6 Å². The highest BCUT2D eigenvalue weighted by atomic mass is 35.5. The van der Waals surface area contributed by atoms with Crippen LogP contribution in [0.25, 0.3) is 0 Å². The van der Waals surface area contributed by atoms with Crippen molar-refractivity contribution in [2.24, 2.45) is 5.92 Å². The van der Waals surface area contributed by atoms with Gasteiger partial charge >= 0.3 is 0 Å². The van der Waals surface area contributed by atoms with Crippen molar-refractivity contribution < 1.29 is 14.4 Å². The molecule has 0 aliphatic heterocycles. The largest absolute Gasteiger partial charge is 0.351 e. The quantitative estimate of drug-likeness (QED) is 0.801. The van der Waals surface area contributed by atoms with E-state index >= 15 is 0 Å². The van der Waals surface area contributed by atoms with Gasteiger partial charge in [-0.1, -0.05) is 17.7 Å². The number of ketones is 2. The molecule has 2 unspecified atom stereocenters. The molecule has 140 valence electrons. The van der Waals surface area contributed by atoms with Crippen molar-refractivity contribution in [3.63, 3.8) is 0 Å². The van der Waals surface area contributed by atoms with E-state index in [4.69, 9.17) is 11.6 Å². The number of hydrogen-bond acceptors (Lipinski definition) is 4. The minimum Gasteiger partial charge on any atom is -0.351 e. The van der Waals surface area contributed by atoms with Gasteiger partial charge in [0, 0.05) is 30.1 Å². The molecule has 27 heavy (non-hydrogen) atoms. The second kappa shape index (κ2) is 8.01. The number of halogens is 1. The number of hydrogen-bond donors (Lipinski definition) is 1. The number of amides is 1. The number of aryl methyl sites for hydroxylation is 2. The van der Waals surface area contributed by atoms with Crippen LogP contribution in [0.2, 0.25) is 5.02 Å². The SMILES string of the molecule is Cc1cc(Cl)cc(C)c1C1C(=O)CC(CCNC(=O)c2ccccn2)C1=O. The molecule has 6 heteroatoms. The fourth-order valence-electron chi connectivity index (χ4n) is 3.73. The van der Waals surface area contributed by atoms with Gasteiger partial charge in [0.15, 0.2) is 5.78 Å². The summed E-state index contributed by atoms with van der Waals surface area (Å²) in [4.78, 5) is 41.4. The third kappa shape index (κ3) is 4.08. The number of rotatable bonds is 5. The van der Waals surface area contributed by atoms with Crippen molar-refractivity contribution >= 4 is 29.1 Å². The second-order valence-corrected chi connectivity index (χ2v) is 7.35. The zero-order valence-electron chi connectivity index (χ0n) is 15.3. The van der Waals surface area contributed by atoms with Crippen molar-refractivity contribution in [1.82, 2.24) is 10.3 Å². The van der Waals surface area contributed by atoms with Crippen LogP contribution in [0.3, 0.4) is 0 Å². The summed E-state index contributed by atoms with van der Waals surface area (Å²) in [6.45, 7) is 4.06. The molecule has 1 aliphatic carbocycles. The lowest BCUT2D eigenvalue weighted by Gasteiger charge is -2.16. The molecule has 1 amide bonds. The van der Waals surface area contributed by atoms with E-state index in [1.54, 1.807) is 36.5 Å². The maximum Gasteiger partial charge on any atom is 0.269 e. The maximum atomic E-state index is 12.9. The topological polar surface area (TPSA) is 76.1 Å². The molecular weight excluding hydrogens is 364 g/mol. The molecule has 1 aliphatic rings. The summed E-state index contributed by atoms with van der Waals surface area (Å²) < 4.78 is 0. The molecule has 2 atom stereocenters. The second-order valence-electron chi connectivity index (χ2n) is 6.92. The molecule has 5 nitrogen and oxygen atoms in total. The zero-order chi connectivity index (χ0) is 19.6. The first-order chi connectivity index (χ1) is 12.9. The number of benzene rings is 1. The average molecular weight is 385 g/mol. The van der Waals surface area contributed by atoms with Crippen molar-refractivity contribution in [1.29, 1.82) is 0 Å². The fraction of sp³-hybridized carbons (Fsp3) is 0.333. The first-order valence-corrected chi connectivity index (χ1v) is 9.28. The summed E-state index contributed by atoms with van der Waals surface area (Å²) in [5, 5.41) is 3.36. The van der Waals surface area contributed by atoms with Crippen LogP contribution >= 0.6 is 11.6 Å². The van der Waals surface area contributed by atoms with E-state index in [9.17, 15) is 14.4 Å². The van der Waals surface area contributed by atoms with Gasteiger partial charge in [-0.05, 0) is 61.2 Å². The lowest BCUT2D eigenvalue weighted by atomic mass is 9.87. The Morgan fingerprint density at radius 1 is 1.22 bits per heavy atom. The standard InChI is InChI=1S/C21H21ClN2O3/c1-12-9-15(22)10-13(2)18(12)19-17(25)11-14(20(19)26)6-8-24-21(27)16-5-3-4-7-23-16/h3-5,7,9-10,14,19H,6,8,11H2,1-2H3,(H,24,27). The van der Waals surface area contributed by atoms with E-state index in [1.165, 1.54) is 0 Å². The van der Waals surface area contributed by atoms with Crippen molar-refractivity contribution in [2.75, 3.05) is 6.54 Å². The van der Waals surface area contributed by atoms with E-state index in [-0.39, 0.29) is 29.8 Å². The number of nitrogens with one attached hydrogen (secondary N) is 1. The Hall–Kier alpha value is -2.53. The van der Waals surface area contributed by atoms with Gasteiger partial charge in [0.2, 0.25) is 0 Å². The predicted octanol–water partition coefficient (Wildman–Crippen LogP) is 3.41. The van der Waals surface area contributed by atoms with Gasteiger partial charge < -0.3 is 5.32 Å². The van der Waals surface area contributed by atoms with E-state index in [0.717, 1.165) is 16.7 Å². The van der Waals surface area contributed by atoms with Crippen LogP contribution in [0, 0.1) is 19.8 Å². The number of carbonyl (C=O) groups excluding carboxylic acids is 3. The Morgan fingerprint density at radius 2 is 1.93 bits per heavy atom. The molecule has 1 N–H and O–H groups in total. The lowest BCUT2D eigenvalue weighted by molar-refractivity contribution is -0.124. The number of nitrogens with zero attached hydrogens (tertiary/aromatic N) is 1. The zero-order valence-corrected chi connectivity index (χ0v) is 16.0. The van der Waals surface area contributed by atoms with E-state index in [2.05, 4.69) is 10.3 Å². The van der Waals surface area contributed by atoms with Crippen LogP contribution < -0.4 is 5.32 Å². The lowest BCUT2D eigenvalue weighted by Crippen LogP contribution is -2.27. The molecule has 1 heterocycles. The summed E-state index contributed by atoms with van der Waals surface area (Å²) >= 11 is 6.06. The van der Waals surface area contributed by atoms with Gasteiger partial charge in [-0.3, -0.25) is 19.4 Å². The molecule has 0 spiro atoms. The highest BCUT2D eigenvalue weighted by molar-refractivity contribution is 6.30. The first kappa shape index (κ1) is 19.2. The molecule has 0 radical (unpaired) electrons. The van der Waals surface area contributed by atoms with Crippen molar-refractivity contribution in [3.8, 4) is 0 Å². The third-order valence-electron chi connectivity index (χ3n) is 4.98. The van der Waals surface area contributed by atoms with Gasteiger partial charge in [0.05, 0.1) is 0 Å². The Balaban J connectivity index is 1.66. The molecule has 3 rings (SSSR count).